The number of nitrogens with one attached hydrogen (secondary N) is 2. The summed E-state index contributed by atoms with van der Waals surface area (Å²) in [6.45, 7) is 4.29. The maximum Gasteiger partial charge on any atom is 0.338 e. The van der Waals surface area contributed by atoms with Gasteiger partial charge in [0.05, 0.1) is 5.56 Å². The predicted molar refractivity (Wildman–Crippen MR) is 106 cm³/mol. The van der Waals surface area contributed by atoms with Crippen molar-refractivity contribution in [2.45, 2.75) is 26.7 Å². The highest BCUT2D eigenvalue weighted by Crippen LogP contribution is 2.22. The van der Waals surface area contributed by atoms with E-state index in [4.69, 9.17) is 4.74 Å². The van der Waals surface area contributed by atoms with Crippen molar-refractivity contribution < 1.29 is 14.3 Å². The maximum atomic E-state index is 12.2. The van der Waals surface area contributed by atoms with Crippen molar-refractivity contribution >= 4 is 22.8 Å². The smallest absolute Gasteiger partial charge is 0.338 e. The molecule has 0 fully saturated rings. The highest BCUT2D eigenvalue weighted by Gasteiger charge is 2.12. The molecule has 27 heavy (non-hydrogen) atoms. The molecule has 5 heteroatoms. The summed E-state index contributed by atoms with van der Waals surface area (Å²) in [7, 11) is 0. The Hall–Kier alpha value is -3.08. The van der Waals surface area contributed by atoms with E-state index in [1.807, 2.05) is 38.1 Å². The van der Waals surface area contributed by atoms with Crippen LogP contribution < -0.4 is 5.32 Å². The van der Waals surface area contributed by atoms with E-state index >= 15 is 0 Å². The first kappa shape index (κ1) is 18.7. The van der Waals surface area contributed by atoms with Crippen LogP contribution in [0.2, 0.25) is 0 Å². The fraction of sp³-hybridized carbons (Fsp3) is 0.273. The van der Waals surface area contributed by atoms with Crippen molar-refractivity contribution in [2.75, 3.05) is 13.2 Å². The first-order valence-corrected chi connectivity index (χ1v) is 9.11. The second-order valence-corrected chi connectivity index (χ2v) is 6.65. The molecule has 0 radical (unpaired) electrons. The Morgan fingerprint density at radius 2 is 1.85 bits per heavy atom. The molecule has 0 saturated heterocycles. The molecule has 1 amide bonds. The summed E-state index contributed by atoms with van der Waals surface area (Å²) in [5.41, 5.74) is 4.85. The van der Waals surface area contributed by atoms with Gasteiger partial charge in [-0.25, -0.2) is 4.79 Å². The molecule has 0 aliphatic heterocycles. The molecule has 0 bridgehead atoms. The largest absolute Gasteiger partial charge is 0.452 e. The van der Waals surface area contributed by atoms with Crippen molar-refractivity contribution in [3.8, 4) is 0 Å². The second kappa shape index (κ2) is 8.54. The van der Waals surface area contributed by atoms with Gasteiger partial charge >= 0.3 is 5.97 Å². The molecule has 0 aliphatic rings. The number of amides is 1. The number of ether oxygens (including phenoxy) is 1. The average molecular weight is 364 g/mol. The van der Waals surface area contributed by atoms with E-state index in [2.05, 4.69) is 22.4 Å². The fourth-order valence-corrected chi connectivity index (χ4v) is 3.02. The summed E-state index contributed by atoms with van der Waals surface area (Å²) in [6.07, 6.45) is 1.74. The summed E-state index contributed by atoms with van der Waals surface area (Å²) in [4.78, 5) is 27.3. The van der Waals surface area contributed by atoms with Gasteiger partial charge in [0.2, 0.25) is 0 Å². The number of aromatic nitrogens is 1. The maximum absolute atomic E-state index is 12.2. The summed E-state index contributed by atoms with van der Waals surface area (Å²) >= 11 is 0. The number of rotatable bonds is 7. The third-order valence-electron chi connectivity index (χ3n) is 4.69. The van der Waals surface area contributed by atoms with Crippen LogP contribution in [0.5, 0.6) is 0 Å². The number of aryl methyl sites for hydroxylation is 3. The highest BCUT2D eigenvalue weighted by molar-refractivity contribution is 5.96. The molecule has 2 aromatic carbocycles. The van der Waals surface area contributed by atoms with Gasteiger partial charge in [0.1, 0.15) is 0 Å². The number of esters is 1. The van der Waals surface area contributed by atoms with Gasteiger partial charge in [0, 0.05) is 23.1 Å². The zero-order valence-electron chi connectivity index (χ0n) is 15.7. The van der Waals surface area contributed by atoms with Crippen molar-refractivity contribution in [2.24, 2.45) is 0 Å². The number of hydrogen-bond acceptors (Lipinski definition) is 3. The molecule has 0 spiro atoms. The van der Waals surface area contributed by atoms with Crippen LogP contribution in [-0.4, -0.2) is 30.0 Å². The third kappa shape index (κ3) is 4.76. The van der Waals surface area contributed by atoms with E-state index in [0.717, 1.165) is 35.0 Å². The Balaban J connectivity index is 1.44. The summed E-state index contributed by atoms with van der Waals surface area (Å²) in [5.74, 6) is -0.777. The SMILES string of the molecule is Cc1[nH]c2ccc(C(=O)OCC(=O)NCCCc3ccccc3)cc2c1C. The Morgan fingerprint density at radius 1 is 1.07 bits per heavy atom. The molecule has 0 aliphatic carbocycles. The highest BCUT2D eigenvalue weighted by atomic mass is 16.5. The van der Waals surface area contributed by atoms with Gasteiger partial charge in [-0.2, -0.15) is 0 Å². The number of benzene rings is 2. The van der Waals surface area contributed by atoms with Crippen LogP contribution in [-0.2, 0) is 16.0 Å². The van der Waals surface area contributed by atoms with Crippen LogP contribution in [0.4, 0.5) is 0 Å². The second-order valence-electron chi connectivity index (χ2n) is 6.65. The monoisotopic (exact) mass is 364 g/mol. The van der Waals surface area contributed by atoms with Crippen LogP contribution in [0.25, 0.3) is 10.9 Å². The lowest BCUT2D eigenvalue weighted by Gasteiger charge is -2.07. The van der Waals surface area contributed by atoms with Crippen molar-refractivity contribution in [3.05, 3.63) is 70.9 Å². The van der Waals surface area contributed by atoms with E-state index in [-0.39, 0.29) is 12.5 Å². The summed E-state index contributed by atoms with van der Waals surface area (Å²) in [5, 5.41) is 3.77. The first-order valence-electron chi connectivity index (χ1n) is 9.11. The normalized spacial score (nSPS) is 10.7. The fourth-order valence-electron chi connectivity index (χ4n) is 3.02. The van der Waals surface area contributed by atoms with Gasteiger partial charge in [-0.05, 0) is 56.0 Å². The van der Waals surface area contributed by atoms with Gasteiger partial charge in [-0.3, -0.25) is 4.79 Å². The van der Waals surface area contributed by atoms with Gasteiger partial charge in [-0.1, -0.05) is 30.3 Å². The molecule has 0 atom stereocenters. The average Bonchev–Trinajstić information content (AvgIpc) is 2.97. The summed E-state index contributed by atoms with van der Waals surface area (Å²) < 4.78 is 5.14. The van der Waals surface area contributed by atoms with Crippen LogP contribution in [0.1, 0.15) is 33.6 Å². The zero-order valence-corrected chi connectivity index (χ0v) is 15.7. The van der Waals surface area contributed by atoms with Crippen LogP contribution in [0.3, 0.4) is 0 Å². The van der Waals surface area contributed by atoms with E-state index in [1.165, 1.54) is 5.56 Å². The van der Waals surface area contributed by atoms with Gasteiger partial charge < -0.3 is 15.0 Å². The van der Waals surface area contributed by atoms with Crippen LogP contribution >= 0.6 is 0 Å². The third-order valence-corrected chi connectivity index (χ3v) is 4.69. The van der Waals surface area contributed by atoms with Crippen molar-refractivity contribution in [1.82, 2.24) is 10.3 Å². The minimum Gasteiger partial charge on any atom is -0.452 e. The lowest BCUT2D eigenvalue weighted by atomic mass is 10.1. The standard InChI is InChI=1S/C22H24N2O3/c1-15-16(2)24-20-11-10-18(13-19(15)20)22(26)27-14-21(25)23-12-6-9-17-7-4-3-5-8-17/h3-5,7-8,10-11,13,24H,6,9,12,14H2,1-2H3,(H,23,25). The quantitative estimate of drug-likeness (QED) is 0.496. The molecule has 0 saturated carbocycles. The van der Waals surface area contributed by atoms with E-state index in [1.54, 1.807) is 12.1 Å². The molecule has 5 nitrogen and oxygen atoms in total. The Bertz CT molecular complexity index is 945. The first-order chi connectivity index (χ1) is 13.0. The van der Waals surface area contributed by atoms with Gasteiger partial charge in [0.25, 0.3) is 5.91 Å². The number of carbonyl (C=O) groups excluding carboxylic acids is 2. The lowest BCUT2D eigenvalue weighted by Crippen LogP contribution is -2.29. The molecule has 1 aromatic heterocycles. The minimum absolute atomic E-state index is 0.270. The predicted octanol–water partition coefficient (Wildman–Crippen LogP) is 3.69. The molecule has 2 N–H and O–H groups in total. The van der Waals surface area contributed by atoms with E-state index in [9.17, 15) is 9.59 Å². The Morgan fingerprint density at radius 3 is 2.63 bits per heavy atom. The van der Waals surface area contributed by atoms with Crippen LogP contribution in [0.15, 0.2) is 48.5 Å². The van der Waals surface area contributed by atoms with E-state index in [0.29, 0.717) is 12.1 Å². The number of H-pyrrole nitrogens is 1. The molecule has 3 rings (SSSR count). The lowest BCUT2D eigenvalue weighted by molar-refractivity contribution is -0.124. The zero-order chi connectivity index (χ0) is 19.2. The number of carbonyl (C=O) groups is 2. The Labute approximate surface area is 158 Å². The van der Waals surface area contributed by atoms with Crippen molar-refractivity contribution in [1.29, 1.82) is 0 Å². The number of hydrogen-bond donors (Lipinski definition) is 2. The van der Waals surface area contributed by atoms with Crippen molar-refractivity contribution in [3.63, 3.8) is 0 Å². The molecule has 1 heterocycles. The number of fused-ring (bicyclic) bond motifs is 1. The molecular formula is C22H24N2O3. The topological polar surface area (TPSA) is 71.2 Å². The molecular weight excluding hydrogens is 340 g/mol. The minimum atomic E-state index is -0.491. The Kier molecular flexibility index (Phi) is 5.91. The van der Waals surface area contributed by atoms with Gasteiger partial charge in [-0.15, -0.1) is 0 Å². The number of aromatic amines is 1. The van der Waals surface area contributed by atoms with Gasteiger partial charge in [0.15, 0.2) is 6.61 Å². The van der Waals surface area contributed by atoms with E-state index < -0.39 is 5.97 Å². The molecule has 0 unspecified atom stereocenters. The molecule has 140 valence electrons. The van der Waals surface area contributed by atoms with Crippen LogP contribution in [0, 0.1) is 13.8 Å². The molecule has 3 aromatic rings. The summed E-state index contributed by atoms with van der Waals surface area (Å²) in [6, 6.07) is 15.5.